The van der Waals surface area contributed by atoms with E-state index in [0.717, 1.165) is 22.0 Å². The van der Waals surface area contributed by atoms with Gasteiger partial charge >= 0.3 is 0 Å². The molecule has 0 aliphatic heterocycles. The SMILES string of the molecule is COc1cc(C=Nc2n[nH]c(N=CCc3c[nH]c4ccc(O)cc34)n2)cc(OC)c1OC. The van der Waals surface area contributed by atoms with E-state index < -0.39 is 0 Å². The molecule has 0 radical (unpaired) electrons. The van der Waals surface area contributed by atoms with E-state index in [2.05, 4.69) is 30.2 Å². The van der Waals surface area contributed by atoms with Crippen molar-refractivity contribution in [1.29, 1.82) is 0 Å². The van der Waals surface area contributed by atoms with Gasteiger partial charge in [-0.1, -0.05) is 0 Å². The maximum atomic E-state index is 9.69. The van der Waals surface area contributed by atoms with Crippen LogP contribution in [0.4, 0.5) is 11.9 Å². The summed E-state index contributed by atoms with van der Waals surface area (Å²) in [7, 11) is 4.65. The number of aromatic hydroxyl groups is 1. The standard InChI is InChI=1S/C22H22N6O4/c1-30-18-8-13(9-19(31-2)20(18)32-3)11-25-22-26-21(27-28-22)23-7-6-14-12-24-17-5-4-15(29)10-16(14)17/h4-5,7-12,24,29H,6H2,1-3H3,(H,26,27,28). The summed E-state index contributed by atoms with van der Waals surface area (Å²) < 4.78 is 16.0. The van der Waals surface area contributed by atoms with Crippen LogP contribution in [0, 0.1) is 0 Å². The largest absolute Gasteiger partial charge is 0.508 e. The molecule has 0 saturated heterocycles. The Morgan fingerprint density at radius 1 is 1.03 bits per heavy atom. The molecule has 0 unspecified atom stereocenters. The molecular weight excluding hydrogens is 412 g/mol. The molecule has 2 aromatic carbocycles. The second-order valence-corrected chi connectivity index (χ2v) is 6.74. The third kappa shape index (κ3) is 4.38. The first-order valence-electron chi connectivity index (χ1n) is 9.69. The number of hydrogen-bond acceptors (Lipinski definition) is 8. The molecule has 0 spiro atoms. The predicted molar refractivity (Wildman–Crippen MR) is 122 cm³/mol. The van der Waals surface area contributed by atoms with Gasteiger partial charge in [0.05, 0.1) is 21.3 Å². The summed E-state index contributed by atoms with van der Waals surface area (Å²) in [4.78, 5) is 16.0. The van der Waals surface area contributed by atoms with Crippen molar-refractivity contribution in [1.82, 2.24) is 20.2 Å². The Morgan fingerprint density at radius 2 is 1.81 bits per heavy atom. The van der Waals surface area contributed by atoms with Crippen molar-refractivity contribution in [3.63, 3.8) is 0 Å². The van der Waals surface area contributed by atoms with Crippen LogP contribution in [0.2, 0.25) is 0 Å². The lowest BCUT2D eigenvalue weighted by Crippen LogP contribution is -1.96. The second-order valence-electron chi connectivity index (χ2n) is 6.74. The predicted octanol–water partition coefficient (Wildman–Crippen LogP) is 3.71. The first kappa shape index (κ1) is 20.9. The van der Waals surface area contributed by atoms with Crippen molar-refractivity contribution >= 4 is 35.2 Å². The first-order chi connectivity index (χ1) is 15.6. The van der Waals surface area contributed by atoms with Gasteiger partial charge < -0.3 is 24.3 Å². The number of benzene rings is 2. The molecule has 0 aliphatic carbocycles. The Bertz CT molecular complexity index is 1270. The van der Waals surface area contributed by atoms with Gasteiger partial charge in [0.2, 0.25) is 11.7 Å². The van der Waals surface area contributed by atoms with E-state index in [-0.39, 0.29) is 11.7 Å². The van der Waals surface area contributed by atoms with Gasteiger partial charge in [-0.05, 0) is 35.9 Å². The van der Waals surface area contributed by atoms with Crippen molar-refractivity contribution < 1.29 is 19.3 Å². The summed E-state index contributed by atoms with van der Waals surface area (Å²) in [5, 5.41) is 17.4. The van der Waals surface area contributed by atoms with Crippen LogP contribution < -0.4 is 14.2 Å². The van der Waals surface area contributed by atoms with E-state index in [9.17, 15) is 5.11 Å². The minimum atomic E-state index is 0.222. The number of nitrogens with zero attached hydrogens (tertiary/aromatic N) is 4. The van der Waals surface area contributed by atoms with Gasteiger partial charge in [0.1, 0.15) is 5.75 Å². The lowest BCUT2D eigenvalue weighted by atomic mass is 10.1. The quantitative estimate of drug-likeness (QED) is 0.363. The van der Waals surface area contributed by atoms with Crippen molar-refractivity contribution in [2.45, 2.75) is 6.42 Å². The zero-order valence-electron chi connectivity index (χ0n) is 17.8. The molecule has 0 fully saturated rings. The summed E-state index contributed by atoms with van der Waals surface area (Å²) in [5.74, 6) is 2.36. The van der Waals surface area contributed by atoms with Crippen molar-refractivity contribution in [2.24, 2.45) is 9.98 Å². The van der Waals surface area contributed by atoms with Crippen LogP contribution in [0.5, 0.6) is 23.0 Å². The fraction of sp³-hybridized carbons (Fsp3) is 0.182. The molecule has 0 saturated carbocycles. The third-order valence-electron chi connectivity index (χ3n) is 4.75. The van der Waals surface area contributed by atoms with Crippen LogP contribution in [0.3, 0.4) is 0 Å². The first-order valence-corrected chi connectivity index (χ1v) is 9.69. The number of phenolic OH excluding ortho intramolecular Hbond substituents is 1. The molecule has 0 atom stereocenters. The Hall–Kier alpha value is -4.34. The maximum Gasteiger partial charge on any atom is 0.269 e. The van der Waals surface area contributed by atoms with E-state index in [4.69, 9.17) is 14.2 Å². The van der Waals surface area contributed by atoms with Crippen molar-refractivity contribution in [3.8, 4) is 23.0 Å². The third-order valence-corrected chi connectivity index (χ3v) is 4.75. The van der Waals surface area contributed by atoms with Gasteiger partial charge in [0, 0.05) is 41.5 Å². The number of hydrogen-bond donors (Lipinski definition) is 3. The molecule has 4 aromatic rings. The number of aromatic amines is 2. The molecule has 10 heteroatoms. The molecular formula is C22H22N6O4. The molecule has 3 N–H and O–H groups in total. The number of rotatable bonds is 8. The normalized spacial score (nSPS) is 11.6. The van der Waals surface area contributed by atoms with Crippen LogP contribution in [-0.2, 0) is 6.42 Å². The van der Waals surface area contributed by atoms with Crippen LogP contribution in [-0.4, -0.2) is 59.0 Å². The highest BCUT2D eigenvalue weighted by Gasteiger charge is 2.12. The Balaban J connectivity index is 1.46. The number of nitrogens with one attached hydrogen (secondary N) is 2. The van der Waals surface area contributed by atoms with E-state index in [0.29, 0.717) is 29.6 Å². The number of ether oxygens (including phenoxy) is 3. The number of aromatic nitrogens is 4. The Kier molecular flexibility index (Phi) is 6.02. The molecule has 2 aromatic heterocycles. The zero-order valence-corrected chi connectivity index (χ0v) is 17.8. The average Bonchev–Trinajstić information content (AvgIpc) is 3.43. The highest BCUT2D eigenvalue weighted by molar-refractivity contribution is 5.87. The van der Waals surface area contributed by atoms with Gasteiger partial charge in [-0.25, -0.2) is 15.1 Å². The van der Waals surface area contributed by atoms with Gasteiger partial charge in [0.25, 0.3) is 5.95 Å². The Labute approximate surface area is 183 Å². The van der Waals surface area contributed by atoms with Gasteiger partial charge in [-0.2, -0.15) is 4.98 Å². The second kappa shape index (κ2) is 9.21. The van der Waals surface area contributed by atoms with Gasteiger partial charge in [-0.15, -0.1) is 5.10 Å². The summed E-state index contributed by atoms with van der Waals surface area (Å²) in [6.45, 7) is 0. The number of methoxy groups -OCH3 is 3. The van der Waals surface area contributed by atoms with E-state index >= 15 is 0 Å². The number of H-pyrrole nitrogens is 2. The molecule has 10 nitrogen and oxygen atoms in total. The summed E-state index contributed by atoms with van der Waals surface area (Å²) in [6, 6.07) is 8.75. The number of phenols is 1. The van der Waals surface area contributed by atoms with E-state index in [1.54, 1.807) is 58.0 Å². The van der Waals surface area contributed by atoms with Crippen LogP contribution in [0.1, 0.15) is 11.1 Å². The highest BCUT2D eigenvalue weighted by atomic mass is 16.5. The van der Waals surface area contributed by atoms with E-state index in [1.807, 2.05) is 12.3 Å². The van der Waals surface area contributed by atoms with Crippen LogP contribution in [0.15, 0.2) is 46.5 Å². The molecule has 0 bridgehead atoms. The van der Waals surface area contributed by atoms with E-state index in [1.165, 1.54) is 0 Å². The highest BCUT2D eigenvalue weighted by Crippen LogP contribution is 2.37. The number of fused-ring (bicyclic) bond motifs is 1. The van der Waals surface area contributed by atoms with Crippen LogP contribution in [0.25, 0.3) is 10.9 Å². The van der Waals surface area contributed by atoms with Crippen molar-refractivity contribution in [2.75, 3.05) is 21.3 Å². The van der Waals surface area contributed by atoms with Crippen molar-refractivity contribution in [3.05, 3.63) is 47.7 Å². The topological polar surface area (TPSA) is 130 Å². The smallest absolute Gasteiger partial charge is 0.269 e. The minimum absolute atomic E-state index is 0.222. The Morgan fingerprint density at radius 3 is 2.53 bits per heavy atom. The zero-order chi connectivity index (χ0) is 22.5. The molecule has 32 heavy (non-hydrogen) atoms. The lowest BCUT2D eigenvalue weighted by molar-refractivity contribution is 0.324. The maximum absolute atomic E-state index is 9.69. The van der Waals surface area contributed by atoms with Crippen LogP contribution >= 0.6 is 0 Å². The van der Waals surface area contributed by atoms with Gasteiger partial charge in [-0.3, -0.25) is 0 Å². The molecule has 164 valence electrons. The molecule has 0 aliphatic rings. The summed E-state index contributed by atoms with van der Waals surface area (Å²) in [6.07, 6.45) is 5.78. The molecule has 2 heterocycles. The molecule has 4 rings (SSSR count). The molecule has 0 amide bonds. The fourth-order valence-electron chi connectivity index (χ4n) is 3.23. The fourth-order valence-corrected chi connectivity index (χ4v) is 3.23. The minimum Gasteiger partial charge on any atom is -0.508 e. The van der Waals surface area contributed by atoms with Gasteiger partial charge in [0.15, 0.2) is 11.5 Å². The summed E-state index contributed by atoms with van der Waals surface area (Å²) >= 11 is 0. The lowest BCUT2D eigenvalue weighted by Gasteiger charge is -2.12. The monoisotopic (exact) mass is 434 g/mol. The number of aliphatic imine (C=N–C) groups is 2. The average molecular weight is 434 g/mol. The summed E-state index contributed by atoms with van der Waals surface area (Å²) in [5.41, 5.74) is 2.70.